The summed E-state index contributed by atoms with van der Waals surface area (Å²) in [6, 6.07) is 5.63. The number of primary amides is 1. The fourth-order valence-electron chi connectivity index (χ4n) is 2.09. The van der Waals surface area contributed by atoms with Crippen LogP contribution in [0.25, 0.3) is 0 Å². The fourth-order valence-corrected chi connectivity index (χ4v) is 2.63. The van der Waals surface area contributed by atoms with Gasteiger partial charge in [-0.15, -0.1) is 0 Å². The van der Waals surface area contributed by atoms with E-state index in [4.69, 9.17) is 15.2 Å². The lowest BCUT2D eigenvalue weighted by atomic mass is 10.0. The number of carbonyl (C=O) groups is 1. The topological polar surface area (TPSA) is 61.6 Å². The van der Waals surface area contributed by atoms with Gasteiger partial charge in [0.2, 0.25) is 5.91 Å². The Morgan fingerprint density at radius 2 is 2.16 bits per heavy atom. The van der Waals surface area contributed by atoms with E-state index in [9.17, 15) is 4.79 Å². The van der Waals surface area contributed by atoms with Crippen molar-refractivity contribution in [1.29, 1.82) is 0 Å². The average molecular weight is 328 g/mol. The summed E-state index contributed by atoms with van der Waals surface area (Å²) in [6.07, 6.45) is 2.35. The molecule has 2 rings (SSSR count). The largest absolute Gasteiger partial charge is 0.492 e. The van der Waals surface area contributed by atoms with Gasteiger partial charge >= 0.3 is 0 Å². The Bertz CT molecular complexity index is 444. The molecule has 4 nitrogen and oxygen atoms in total. The summed E-state index contributed by atoms with van der Waals surface area (Å²) in [5, 5.41) is 0. The molecule has 5 heteroatoms. The average Bonchev–Trinajstić information content (AvgIpc) is 2.38. The summed E-state index contributed by atoms with van der Waals surface area (Å²) in [4.78, 5) is 10.9. The predicted molar refractivity (Wildman–Crippen MR) is 76.1 cm³/mol. The first-order valence-corrected chi connectivity index (χ1v) is 7.21. The van der Waals surface area contributed by atoms with Gasteiger partial charge < -0.3 is 15.2 Å². The minimum atomic E-state index is -0.331. The number of hydrogen-bond donors (Lipinski definition) is 1. The van der Waals surface area contributed by atoms with Crippen molar-refractivity contribution in [3.8, 4) is 5.75 Å². The Morgan fingerprint density at radius 1 is 1.42 bits per heavy atom. The number of amides is 1. The molecule has 1 fully saturated rings. The van der Waals surface area contributed by atoms with E-state index in [0.717, 1.165) is 41.8 Å². The van der Waals surface area contributed by atoms with Gasteiger partial charge in [-0.1, -0.05) is 6.07 Å². The van der Waals surface area contributed by atoms with Crippen molar-refractivity contribution < 1.29 is 14.3 Å². The Kier molecular flexibility index (Phi) is 5.22. The molecule has 1 aliphatic rings. The first-order chi connectivity index (χ1) is 9.15. The Morgan fingerprint density at radius 3 is 2.79 bits per heavy atom. The van der Waals surface area contributed by atoms with E-state index in [0.29, 0.717) is 12.5 Å². The van der Waals surface area contributed by atoms with Crippen LogP contribution < -0.4 is 10.5 Å². The molecule has 0 aromatic heterocycles. The molecule has 1 heterocycles. The summed E-state index contributed by atoms with van der Waals surface area (Å²) in [6.45, 7) is 2.36. The van der Waals surface area contributed by atoms with Crippen LogP contribution in [0.2, 0.25) is 0 Å². The normalized spacial score (nSPS) is 16.3. The third-order valence-corrected chi connectivity index (χ3v) is 3.81. The smallest absolute Gasteiger partial charge is 0.221 e. The molecule has 0 saturated carbocycles. The van der Waals surface area contributed by atoms with Crippen molar-refractivity contribution in [2.75, 3.05) is 19.8 Å². The molecule has 0 aliphatic carbocycles. The second-order valence-electron chi connectivity index (χ2n) is 4.77. The fraction of sp³-hybridized carbons (Fsp3) is 0.500. The van der Waals surface area contributed by atoms with Gasteiger partial charge in [0.15, 0.2) is 0 Å². The van der Waals surface area contributed by atoms with E-state index in [1.165, 1.54) is 0 Å². The summed E-state index contributed by atoms with van der Waals surface area (Å²) in [5.74, 6) is 1.04. The standard InChI is InChI=1S/C14H18BrNO3/c15-12-7-11(8-14(16)17)1-2-13(12)19-9-10-3-5-18-6-4-10/h1-2,7,10H,3-6,8-9H2,(H2,16,17). The zero-order chi connectivity index (χ0) is 13.7. The monoisotopic (exact) mass is 327 g/mol. The molecule has 104 valence electrons. The van der Waals surface area contributed by atoms with Crippen LogP contribution in [0.5, 0.6) is 5.75 Å². The van der Waals surface area contributed by atoms with Gasteiger partial charge in [-0.25, -0.2) is 0 Å². The maximum atomic E-state index is 10.9. The highest BCUT2D eigenvalue weighted by molar-refractivity contribution is 9.10. The number of benzene rings is 1. The molecule has 0 spiro atoms. The lowest BCUT2D eigenvalue weighted by Gasteiger charge is -2.22. The van der Waals surface area contributed by atoms with E-state index in [1.54, 1.807) is 0 Å². The highest BCUT2D eigenvalue weighted by atomic mass is 79.9. The SMILES string of the molecule is NC(=O)Cc1ccc(OCC2CCOCC2)c(Br)c1. The van der Waals surface area contributed by atoms with Gasteiger partial charge in [0, 0.05) is 13.2 Å². The van der Waals surface area contributed by atoms with Gasteiger partial charge in [0.1, 0.15) is 5.75 Å². The zero-order valence-electron chi connectivity index (χ0n) is 10.7. The number of rotatable bonds is 5. The van der Waals surface area contributed by atoms with Gasteiger partial charge in [-0.2, -0.15) is 0 Å². The molecular formula is C14H18BrNO3. The summed E-state index contributed by atoms with van der Waals surface area (Å²) >= 11 is 3.46. The van der Waals surface area contributed by atoms with Gasteiger partial charge in [-0.05, 0) is 52.4 Å². The highest BCUT2D eigenvalue weighted by Gasteiger charge is 2.15. The van der Waals surface area contributed by atoms with Crippen molar-refractivity contribution in [1.82, 2.24) is 0 Å². The van der Waals surface area contributed by atoms with E-state index >= 15 is 0 Å². The molecule has 1 amide bonds. The molecule has 1 aromatic carbocycles. The van der Waals surface area contributed by atoms with Crippen LogP contribution >= 0.6 is 15.9 Å². The summed E-state index contributed by atoms with van der Waals surface area (Å²) in [7, 11) is 0. The number of halogens is 1. The quantitative estimate of drug-likeness (QED) is 0.902. The molecule has 1 aromatic rings. The Balaban J connectivity index is 1.91. The third-order valence-electron chi connectivity index (χ3n) is 3.19. The molecule has 0 atom stereocenters. The lowest BCUT2D eigenvalue weighted by molar-refractivity contribution is -0.117. The van der Waals surface area contributed by atoms with Crippen molar-refractivity contribution in [2.24, 2.45) is 11.7 Å². The van der Waals surface area contributed by atoms with E-state index in [2.05, 4.69) is 15.9 Å². The van der Waals surface area contributed by atoms with E-state index in [1.807, 2.05) is 18.2 Å². The number of carbonyl (C=O) groups excluding carboxylic acids is 1. The second kappa shape index (κ2) is 6.91. The van der Waals surface area contributed by atoms with Crippen LogP contribution in [0, 0.1) is 5.92 Å². The van der Waals surface area contributed by atoms with Crippen molar-refractivity contribution in [2.45, 2.75) is 19.3 Å². The zero-order valence-corrected chi connectivity index (χ0v) is 12.3. The molecule has 0 radical (unpaired) electrons. The molecule has 2 N–H and O–H groups in total. The maximum Gasteiger partial charge on any atom is 0.221 e. The minimum absolute atomic E-state index is 0.249. The van der Waals surface area contributed by atoms with E-state index < -0.39 is 0 Å². The molecule has 0 bridgehead atoms. The number of ether oxygens (including phenoxy) is 2. The molecule has 19 heavy (non-hydrogen) atoms. The molecule has 0 unspecified atom stereocenters. The Hall–Kier alpha value is -1.07. The van der Waals surface area contributed by atoms with Crippen molar-refractivity contribution in [3.05, 3.63) is 28.2 Å². The first-order valence-electron chi connectivity index (χ1n) is 6.42. The molecule has 1 saturated heterocycles. The number of nitrogens with two attached hydrogens (primary N) is 1. The van der Waals surface area contributed by atoms with Crippen LogP contribution in [0.3, 0.4) is 0 Å². The lowest BCUT2D eigenvalue weighted by Crippen LogP contribution is -2.21. The van der Waals surface area contributed by atoms with E-state index in [-0.39, 0.29) is 12.3 Å². The summed E-state index contributed by atoms with van der Waals surface area (Å²) < 4.78 is 12.0. The first kappa shape index (κ1) is 14.3. The van der Waals surface area contributed by atoms with Crippen molar-refractivity contribution in [3.63, 3.8) is 0 Å². The molecular weight excluding hydrogens is 310 g/mol. The molecule has 1 aliphatic heterocycles. The Labute approximate surface area is 121 Å². The predicted octanol–water partition coefficient (Wildman–Crippen LogP) is 2.28. The minimum Gasteiger partial charge on any atom is -0.492 e. The van der Waals surface area contributed by atoms with Gasteiger partial charge in [0.05, 0.1) is 17.5 Å². The summed E-state index contributed by atoms with van der Waals surface area (Å²) in [5.41, 5.74) is 6.06. The van der Waals surface area contributed by atoms with Gasteiger partial charge in [0.25, 0.3) is 0 Å². The van der Waals surface area contributed by atoms with Crippen LogP contribution in [0.4, 0.5) is 0 Å². The highest BCUT2D eigenvalue weighted by Crippen LogP contribution is 2.27. The van der Waals surface area contributed by atoms with Crippen LogP contribution in [-0.2, 0) is 16.0 Å². The third kappa shape index (κ3) is 4.51. The van der Waals surface area contributed by atoms with Crippen LogP contribution in [0.15, 0.2) is 22.7 Å². The second-order valence-corrected chi connectivity index (χ2v) is 5.63. The van der Waals surface area contributed by atoms with Gasteiger partial charge in [-0.3, -0.25) is 4.79 Å². The maximum absolute atomic E-state index is 10.9. The van der Waals surface area contributed by atoms with Crippen LogP contribution in [0.1, 0.15) is 18.4 Å². The van der Waals surface area contributed by atoms with Crippen LogP contribution in [-0.4, -0.2) is 25.7 Å². The number of hydrogen-bond acceptors (Lipinski definition) is 3. The van der Waals surface area contributed by atoms with Crippen molar-refractivity contribution >= 4 is 21.8 Å².